The molecule has 0 radical (unpaired) electrons. The molecule has 2 N–H and O–H groups in total. The fourth-order valence-corrected chi connectivity index (χ4v) is 3.91. The third kappa shape index (κ3) is 5.03. The number of carbonyl (C=O) groups is 2. The van der Waals surface area contributed by atoms with Gasteiger partial charge in [-0.2, -0.15) is 9.57 Å². The lowest BCUT2D eigenvalue weighted by atomic mass is 10.1. The quantitative estimate of drug-likeness (QED) is 0.705. The van der Waals surface area contributed by atoms with Crippen LogP contribution in [0.3, 0.4) is 0 Å². The predicted octanol–water partition coefficient (Wildman–Crippen LogP) is 2.47. The minimum absolute atomic E-state index is 0.00207. The second kappa shape index (κ2) is 8.65. The zero-order chi connectivity index (χ0) is 21.9. The van der Waals surface area contributed by atoms with Crippen LogP contribution in [-0.2, 0) is 19.6 Å². The third-order valence-corrected chi connectivity index (χ3v) is 6.60. The Hall–Kier alpha value is -3.22. The summed E-state index contributed by atoms with van der Waals surface area (Å²) in [5.74, 6) is -0.488. The van der Waals surface area contributed by atoms with Crippen molar-refractivity contribution in [2.45, 2.75) is 24.7 Å². The first kappa shape index (κ1) is 21.5. The van der Waals surface area contributed by atoms with Crippen molar-refractivity contribution in [3.8, 4) is 6.07 Å². The Morgan fingerprint density at radius 2 is 1.80 bits per heavy atom. The van der Waals surface area contributed by atoms with Crippen molar-refractivity contribution in [3.63, 3.8) is 0 Å². The number of aryl methyl sites for hydroxylation is 1. The number of amides is 2. The summed E-state index contributed by atoms with van der Waals surface area (Å²) in [6.45, 7) is 1.42. The molecular weight excluding hydrogens is 404 g/mol. The molecule has 2 aromatic rings. The van der Waals surface area contributed by atoms with Gasteiger partial charge in [0.15, 0.2) is 0 Å². The number of carbonyl (C=O) groups excluding carboxylic acids is 2. The van der Waals surface area contributed by atoms with Crippen LogP contribution in [0.2, 0.25) is 0 Å². The van der Waals surface area contributed by atoms with Gasteiger partial charge >= 0.3 is 0 Å². The minimum Gasteiger partial charge on any atom is -0.326 e. The average Bonchev–Trinajstić information content (AvgIpc) is 3.56. The van der Waals surface area contributed by atoms with Gasteiger partial charge in [-0.25, -0.2) is 8.42 Å². The van der Waals surface area contributed by atoms with E-state index in [2.05, 4.69) is 10.6 Å². The number of nitriles is 1. The first-order valence-corrected chi connectivity index (χ1v) is 10.8. The second-order valence-corrected chi connectivity index (χ2v) is 9.28. The molecular formula is C21H22N4O4S. The molecule has 0 spiro atoms. The van der Waals surface area contributed by atoms with E-state index < -0.39 is 15.9 Å². The van der Waals surface area contributed by atoms with Gasteiger partial charge in [0.1, 0.15) is 0 Å². The van der Waals surface area contributed by atoms with E-state index in [0.29, 0.717) is 16.9 Å². The van der Waals surface area contributed by atoms with Crippen molar-refractivity contribution in [1.29, 1.82) is 5.26 Å². The van der Waals surface area contributed by atoms with Crippen LogP contribution in [0.25, 0.3) is 0 Å². The molecule has 0 aliphatic heterocycles. The van der Waals surface area contributed by atoms with Gasteiger partial charge in [0, 0.05) is 24.3 Å². The van der Waals surface area contributed by atoms with Gasteiger partial charge in [-0.05, 0) is 61.7 Å². The molecule has 1 aliphatic carbocycles. The van der Waals surface area contributed by atoms with Gasteiger partial charge < -0.3 is 10.6 Å². The van der Waals surface area contributed by atoms with E-state index in [1.807, 2.05) is 6.07 Å². The van der Waals surface area contributed by atoms with Crippen LogP contribution in [0.15, 0.2) is 47.4 Å². The van der Waals surface area contributed by atoms with Crippen molar-refractivity contribution in [3.05, 3.63) is 53.6 Å². The molecule has 0 bridgehead atoms. The molecule has 0 unspecified atom stereocenters. The number of sulfonamides is 1. The van der Waals surface area contributed by atoms with E-state index in [-0.39, 0.29) is 23.3 Å². The van der Waals surface area contributed by atoms with Crippen LogP contribution in [0.4, 0.5) is 11.4 Å². The molecule has 9 heteroatoms. The molecule has 2 amide bonds. The second-order valence-electron chi connectivity index (χ2n) is 7.24. The lowest BCUT2D eigenvalue weighted by molar-refractivity contribution is -0.117. The van der Waals surface area contributed by atoms with Crippen molar-refractivity contribution >= 4 is 33.2 Å². The lowest BCUT2D eigenvalue weighted by Crippen LogP contribution is -2.35. The summed E-state index contributed by atoms with van der Waals surface area (Å²) in [6, 6.07) is 12.6. The van der Waals surface area contributed by atoms with E-state index in [9.17, 15) is 18.0 Å². The normalized spacial score (nSPS) is 13.5. The Morgan fingerprint density at radius 1 is 1.13 bits per heavy atom. The van der Waals surface area contributed by atoms with Crippen LogP contribution < -0.4 is 10.6 Å². The number of hydrogen-bond acceptors (Lipinski definition) is 5. The van der Waals surface area contributed by atoms with Crippen LogP contribution >= 0.6 is 0 Å². The molecule has 8 nitrogen and oxygen atoms in total. The maximum Gasteiger partial charge on any atom is 0.243 e. The number of anilines is 2. The maximum atomic E-state index is 12.6. The van der Waals surface area contributed by atoms with Crippen LogP contribution in [0.1, 0.15) is 24.0 Å². The summed E-state index contributed by atoms with van der Waals surface area (Å²) in [4.78, 5) is 24.4. The number of nitrogens with zero attached hydrogens (tertiary/aromatic N) is 2. The van der Waals surface area contributed by atoms with E-state index in [1.54, 1.807) is 25.1 Å². The van der Waals surface area contributed by atoms with Crippen molar-refractivity contribution in [2.24, 2.45) is 5.92 Å². The van der Waals surface area contributed by atoms with Gasteiger partial charge in [0.2, 0.25) is 21.8 Å². The van der Waals surface area contributed by atoms with E-state index in [1.165, 1.54) is 31.3 Å². The zero-order valence-corrected chi connectivity index (χ0v) is 17.5. The molecule has 156 valence electrons. The Kier molecular flexibility index (Phi) is 6.20. The van der Waals surface area contributed by atoms with Gasteiger partial charge in [0.25, 0.3) is 0 Å². The highest BCUT2D eigenvalue weighted by molar-refractivity contribution is 7.89. The third-order valence-electron chi connectivity index (χ3n) is 4.79. The molecule has 1 aliphatic rings. The van der Waals surface area contributed by atoms with Crippen LogP contribution in [0, 0.1) is 24.2 Å². The highest BCUT2D eigenvalue weighted by Crippen LogP contribution is 2.30. The SMILES string of the molecule is Cc1ccc(NC(=O)C2CC2)cc1NC(=O)CN(C)S(=O)(=O)c1ccc(C#N)cc1. The monoisotopic (exact) mass is 426 g/mol. The van der Waals surface area contributed by atoms with Crippen LogP contribution in [-0.4, -0.2) is 38.1 Å². The molecule has 0 aromatic heterocycles. The summed E-state index contributed by atoms with van der Waals surface area (Å²) in [5, 5.41) is 14.4. The number of likely N-dealkylation sites (N-methyl/N-ethyl adjacent to an activating group) is 1. The first-order chi connectivity index (χ1) is 14.2. The predicted molar refractivity (Wildman–Crippen MR) is 112 cm³/mol. The molecule has 0 saturated heterocycles. The molecule has 2 aromatic carbocycles. The van der Waals surface area contributed by atoms with Gasteiger partial charge in [-0.3, -0.25) is 9.59 Å². The Bertz CT molecular complexity index is 1120. The zero-order valence-electron chi connectivity index (χ0n) is 16.7. The number of benzene rings is 2. The topological polar surface area (TPSA) is 119 Å². The largest absolute Gasteiger partial charge is 0.326 e. The highest BCUT2D eigenvalue weighted by Gasteiger charge is 2.29. The summed E-state index contributed by atoms with van der Waals surface area (Å²) in [5.41, 5.74) is 2.20. The van der Waals surface area contributed by atoms with Crippen molar-refractivity contribution < 1.29 is 18.0 Å². The number of nitrogens with one attached hydrogen (secondary N) is 2. The summed E-state index contributed by atoms with van der Waals surface area (Å²) in [7, 11) is -2.57. The molecule has 0 heterocycles. The van der Waals surface area contributed by atoms with Gasteiger partial charge in [0.05, 0.1) is 23.1 Å². The fourth-order valence-electron chi connectivity index (χ4n) is 2.78. The summed E-state index contributed by atoms with van der Waals surface area (Å²) >= 11 is 0. The Labute approximate surface area is 175 Å². The molecule has 0 atom stereocenters. The Morgan fingerprint density at radius 3 is 2.40 bits per heavy atom. The molecule has 30 heavy (non-hydrogen) atoms. The average molecular weight is 426 g/mol. The number of rotatable bonds is 7. The van der Waals surface area contributed by atoms with Crippen molar-refractivity contribution in [2.75, 3.05) is 24.2 Å². The van der Waals surface area contributed by atoms with E-state index >= 15 is 0 Å². The standard InChI is InChI=1S/C21H22N4O4S/c1-14-3-8-17(23-21(27)16-6-7-16)11-19(14)24-20(26)13-25(2)30(28,29)18-9-4-15(12-22)5-10-18/h3-5,8-11,16H,6-7,13H2,1-2H3,(H,23,27)(H,24,26). The minimum atomic E-state index is -3.88. The van der Waals surface area contributed by atoms with Crippen LogP contribution in [0.5, 0.6) is 0 Å². The number of hydrogen-bond donors (Lipinski definition) is 2. The van der Waals surface area contributed by atoms with Gasteiger partial charge in [-0.15, -0.1) is 0 Å². The molecule has 3 rings (SSSR count). The highest BCUT2D eigenvalue weighted by atomic mass is 32.2. The lowest BCUT2D eigenvalue weighted by Gasteiger charge is -2.18. The maximum absolute atomic E-state index is 12.6. The summed E-state index contributed by atoms with van der Waals surface area (Å²) < 4.78 is 26.2. The smallest absolute Gasteiger partial charge is 0.243 e. The van der Waals surface area contributed by atoms with Crippen molar-refractivity contribution in [1.82, 2.24) is 4.31 Å². The van der Waals surface area contributed by atoms with E-state index in [4.69, 9.17) is 5.26 Å². The van der Waals surface area contributed by atoms with Gasteiger partial charge in [-0.1, -0.05) is 6.07 Å². The fraction of sp³-hybridized carbons (Fsp3) is 0.286. The summed E-state index contributed by atoms with van der Waals surface area (Å²) in [6.07, 6.45) is 1.78. The Balaban J connectivity index is 1.66. The van der Waals surface area contributed by atoms with E-state index in [0.717, 1.165) is 22.7 Å². The molecule has 1 saturated carbocycles. The molecule has 1 fully saturated rings. The first-order valence-electron chi connectivity index (χ1n) is 9.38.